The highest BCUT2D eigenvalue weighted by molar-refractivity contribution is 9.10. The topological polar surface area (TPSA) is 41.5 Å². The fourth-order valence-corrected chi connectivity index (χ4v) is 2.32. The van der Waals surface area contributed by atoms with Gasteiger partial charge in [0.15, 0.2) is 11.5 Å². The Morgan fingerprint density at radius 3 is 2.75 bits per heavy atom. The van der Waals surface area contributed by atoms with Gasteiger partial charge in [-0.15, -0.1) is 0 Å². The van der Waals surface area contributed by atoms with Crippen molar-refractivity contribution in [2.24, 2.45) is 0 Å². The summed E-state index contributed by atoms with van der Waals surface area (Å²) in [5, 5.41) is 12.7. The number of ether oxygens (including phenoxy) is 1. The standard InChI is InChI=1S/C15H15BrFNO2/c1-9-5-11(16)12(17)7-13(9)18-8-10-3-4-14(19)15(6-10)20-2/h3-7,18-19H,8H2,1-2H3. The molecule has 0 heterocycles. The Kier molecular flexibility index (Phi) is 4.49. The predicted molar refractivity (Wildman–Crippen MR) is 80.8 cm³/mol. The van der Waals surface area contributed by atoms with Crippen LogP contribution in [0.2, 0.25) is 0 Å². The molecule has 0 saturated heterocycles. The van der Waals surface area contributed by atoms with E-state index >= 15 is 0 Å². The smallest absolute Gasteiger partial charge is 0.160 e. The Balaban J connectivity index is 2.14. The summed E-state index contributed by atoms with van der Waals surface area (Å²) in [6, 6.07) is 8.29. The second-order valence-corrected chi connectivity index (χ2v) is 5.30. The first-order valence-electron chi connectivity index (χ1n) is 6.06. The summed E-state index contributed by atoms with van der Waals surface area (Å²) in [5.41, 5.74) is 2.61. The van der Waals surface area contributed by atoms with Crippen LogP contribution >= 0.6 is 15.9 Å². The highest BCUT2D eigenvalue weighted by Crippen LogP contribution is 2.28. The van der Waals surface area contributed by atoms with Crippen molar-refractivity contribution in [2.45, 2.75) is 13.5 Å². The number of hydrogen-bond donors (Lipinski definition) is 2. The molecule has 0 aliphatic heterocycles. The average Bonchev–Trinajstić information content (AvgIpc) is 2.43. The number of anilines is 1. The van der Waals surface area contributed by atoms with Crippen LogP contribution in [0.15, 0.2) is 34.8 Å². The minimum Gasteiger partial charge on any atom is -0.504 e. The van der Waals surface area contributed by atoms with Crippen molar-refractivity contribution in [3.05, 3.63) is 51.7 Å². The van der Waals surface area contributed by atoms with Gasteiger partial charge in [-0.3, -0.25) is 0 Å². The summed E-state index contributed by atoms with van der Waals surface area (Å²) in [7, 11) is 1.50. The van der Waals surface area contributed by atoms with E-state index in [1.165, 1.54) is 13.2 Å². The van der Waals surface area contributed by atoms with Gasteiger partial charge >= 0.3 is 0 Å². The highest BCUT2D eigenvalue weighted by Gasteiger charge is 2.06. The molecule has 0 unspecified atom stereocenters. The van der Waals surface area contributed by atoms with Crippen molar-refractivity contribution in [1.82, 2.24) is 0 Å². The molecular formula is C15H15BrFNO2. The molecule has 0 saturated carbocycles. The second kappa shape index (κ2) is 6.13. The van der Waals surface area contributed by atoms with E-state index in [-0.39, 0.29) is 11.6 Å². The van der Waals surface area contributed by atoms with Gasteiger partial charge in [0.2, 0.25) is 0 Å². The molecule has 2 rings (SSSR count). The molecule has 0 aliphatic carbocycles. The number of aryl methyl sites for hydroxylation is 1. The zero-order valence-corrected chi connectivity index (χ0v) is 12.8. The van der Waals surface area contributed by atoms with E-state index in [9.17, 15) is 9.50 Å². The van der Waals surface area contributed by atoms with Crippen LogP contribution in [0.5, 0.6) is 11.5 Å². The third-order valence-electron chi connectivity index (χ3n) is 2.99. The van der Waals surface area contributed by atoms with Crippen molar-refractivity contribution in [3.8, 4) is 11.5 Å². The zero-order valence-electron chi connectivity index (χ0n) is 11.2. The largest absolute Gasteiger partial charge is 0.504 e. The number of hydrogen-bond acceptors (Lipinski definition) is 3. The molecule has 0 aliphatic rings. The van der Waals surface area contributed by atoms with Crippen LogP contribution < -0.4 is 10.1 Å². The monoisotopic (exact) mass is 339 g/mol. The minimum absolute atomic E-state index is 0.0992. The molecule has 20 heavy (non-hydrogen) atoms. The molecule has 0 bridgehead atoms. The first-order valence-corrected chi connectivity index (χ1v) is 6.86. The second-order valence-electron chi connectivity index (χ2n) is 4.44. The fourth-order valence-electron chi connectivity index (χ4n) is 1.87. The first kappa shape index (κ1) is 14.7. The number of halogens is 2. The van der Waals surface area contributed by atoms with Gasteiger partial charge in [-0.05, 0) is 58.2 Å². The van der Waals surface area contributed by atoms with E-state index in [0.29, 0.717) is 16.8 Å². The van der Waals surface area contributed by atoms with E-state index in [2.05, 4.69) is 21.2 Å². The van der Waals surface area contributed by atoms with Gasteiger partial charge < -0.3 is 15.2 Å². The summed E-state index contributed by atoms with van der Waals surface area (Å²) in [6.07, 6.45) is 0. The van der Waals surface area contributed by atoms with Gasteiger partial charge in [0, 0.05) is 12.2 Å². The average molecular weight is 340 g/mol. The van der Waals surface area contributed by atoms with Gasteiger partial charge in [0.1, 0.15) is 5.82 Å². The molecule has 5 heteroatoms. The molecule has 3 nitrogen and oxygen atoms in total. The Hall–Kier alpha value is -1.75. The Morgan fingerprint density at radius 1 is 1.30 bits per heavy atom. The van der Waals surface area contributed by atoms with E-state index in [0.717, 1.165) is 16.8 Å². The molecule has 0 amide bonds. The summed E-state index contributed by atoms with van der Waals surface area (Å²) in [4.78, 5) is 0. The van der Waals surface area contributed by atoms with Crippen molar-refractivity contribution < 1.29 is 14.2 Å². The molecule has 106 valence electrons. The van der Waals surface area contributed by atoms with Crippen molar-refractivity contribution in [2.75, 3.05) is 12.4 Å². The van der Waals surface area contributed by atoms with E-state index in [1.54, 1.807) is 24.3 Å². The molecule has 2 N–H and O–H groups in total. The highest BCUT2D eigenvalue weighted by atomic mass is 79.9. The summed E-state index contributed by atoms with van der Waals surface area (Å²) >= 11 is 3.16. The normalized spacial score (nSPS) is 10.4. The van der Waals surface area contributed by atoms with Crippen LogP contribution in [-0.4, -0.2) is 12.2 Å². The third kappa shape index (κ3) is 3.22. The van der Waals surface area contributed by atoms with Crippen molar-refractivity contribution in [1.29, 1.82) is 0 Å². The minimum atomic E-state index is -0.304. The number of benzene rings is 2. The molecule has 0 aromatic heterocycles. The lowest BCUT2D eigenvalue weighted by molar-refractivity contribution is 0.373. The van der Waals surface area contributed by atoms with Crippen LogP contribution in [-0.2, 0) is 6.54 Å². The lowest BCUT2D eigenvalue weighted by Crippen LogP contribution is -2.02. The van der Waals surface area contributed by atoms with E-state index in [4.69, 9.17) is 4.74 Å². The summed E-state index contributed by atoms with van der Waals surface area (Å²) < 4.78 is 19.0. The van der Waals surface area contributed by atoms with Crippen LogP contribution in [0.25, 0.3) is 0 Å². The van der Waals surface area contributed by atoms with E-state index < -0.39 is 0 Å². The van der Waals surface area contributed by atoms with Gasteiger partial charge in [0.25, 0.3) is 0 Å². The zero-order chi connectivity index (χ0) is 14.7. The molecule has 2 aromatic rings. The maximum atomic E-state index is 13.5. The Morgan fingerprint density at radius 2 is 2.05 bits per heavy atom. The lowest BCUT2D eigenvalue weighted by Gasteiger charge is -2.12. The van der Waals surface area contributed by atoms with Crippen LogP contribution in [0.3, 0.4) is 0 Å². The third-order valence-corrected chi connectivity index (χ3v) is 3.60. The van der Waals surface area contributed by atoms with Crippen molar-refractivity contribution in [3.63, 3.8) is 0 Å². The van der Waals surface area contributed by atoms with Gasteiger partial charge in [-0.1, -0.05) is 6.07 Å². The lowest BCUT2D eigenvalue weighted by atomic mass is 10.1. The van der Waals surface area contributed by atoms with Crippen LogP contribution in [0.4, 0.5) is 10.1 Å². The maximum Gasteiger partial charge on any atom is 0.160 e. The van der Waals surface area contributed by atoms with Crippen LogP contribution in [0.1, 0.15) is 11.1 Å². The number of aromatic hydroxyl groups is 1. The molecule has 0 spiro atoms. The molecular weight excluding hydrogens is 325 g/mol. The number of nitrogens with one attached hydrogen (secondary N) is 1. The van der Waals surface area contributed by atoms with Gasteiger partial charge in [0.05, 0.1) is 11.6 Å². The predicted octanol–water partition coefficient (Wildman–Crippen LogP) is 4.22. The molecule has 0 fully saturated rings. The Labute approximate surface area is 125 Å². The van der Waals surface area contributed by atoms with Crippen LogP contribution in [0, 0.1) is 12.7 Å². The number of phenols is 1. The first-order chi connectivity index (χ1) is 9.51. The van der Waals surface area contributed by atoms with E-state index in [1.807, 2.05) is 6.92 Å². The quantitative estimate of drug-likeness (QED) is 0.876. The number of phenolic OH excluding ortho intramolecular Hbond substituents is 1. The van der Waals surface area contributed by atoms with Gasteiger partial charge in [-0.25, -0.2) is 4.39 Å². The van der Waals surface area contributed by atoms with Crippen molar-refractivity contribution >= 4 is 21.6 Å². The molecule has 0 atom stereocenters. The Bertz CT molecular complexity index is 632. The summed E-state index contributed by atoms with van der Waals surface area (Å²) in [6.45, 7) is 2.42. The maximum absolute atomic E-state index is 13.5. The fraction of sp³-hybridized carbons (Fsp3) is 0.200. The number of rotatable bonds is 4. The molecule has 2 aromatic carbocycles. The van der Waals surface area contributed by atoms with Gasteiger partial charge in [-0.2, -0.15) is 0 Å². The summed E-state index contributed by atoms with van der Waals surface area (Å²) in [5.74, 6) is 0.214. The number of methoxy groups -OCH3 is 1. The molecule has 0 radical (unpaired) electrons. The SMILES string of the molecule is COc1cc(CNc2cc(F)c(Br)cc2C)ccc1O.